The number of halogens is 1. The van der Waals surface area contributed by atoms with Crippen LogP contribution in [0.2, 0.25) is 0 Å². The molecule has 0 radical (unpaired) electrons. The maximum Gasteiger partial charge on any atom is 2.00 e. The minimum Gasteiger partial charge on any atom is -1.00 e. The molecule has 2 aromatic heterocycles. The average molecular weight is 828 g/mol. The molecule has 6 nitrogen and oxygen atoms in total. The molecule has 54 heavy (non-hydrogen) atoms. The summed E-state index contributed by atoms with van der Waals surface area (Å²) >= 11 is 0. The molecule has 1 N–H and O–H groups in total. The van der Waals surface area contributed by atoms with E-state index in [0.29, 0.717) is 5.69 Å². The minimum atomic E-state index is -0.940. The van der Waals surface area contributed by atoms with Crippen LogP contribution in [0.3, 0.4) is 0 Å². The van der Waals surface area contributed by atoms with E-state index in [1.54, 1.807) is 36.7 Å². The third kappa shape index (κ3) is 23.6. The number of imidazole rings is 2. The van der Waals surface area contributed by atoms with Crippen molar-refractivity contribution in [3.63, 3.8) is 0 Å². The number of rotatable bonds is 7. The number of benzene rings is 2. The zero-order chi connectivity index (χ0) is 42.1. The topological polar surface area (TPSA) is 72.9 Å². The number of aromatic nitrogens is 4. The van der Waals surface area contributed by atoms with Gasteiger partial charge in [-0.2, -0.15) is 6.92 Å². The van der Waals surface area contributed by atoms with Gasteiger partial charge in [0.15, 0.2) is 5.78 Å². The zero-order valence-corrected chi connectivity index (χ0v) is 42.0. The number of Topliss-reactive ketones (excluding diaryl/α,β-unsaturated/α-hetero) is 1. The van der Waals surface area contributed by atoms with Gasteiger partial charge >= 0.3 is 23.1 Å². The van der Waals surface area contributed by atoms with Crippen LogP contribution in [0.15, 0.2) is 85.7 Å². The van der Waals surface area contributed by atoms with Gasteiger partial charge in [-0.15, -0.1) is 5.41 Å². The smallest absolute Gasteiger partial charge is 1.00 e. The first-order valence-electron chi connectivity index (χ1n) is 19.7. The van der Waals surface area contributed by atoms with E-state index in [9.17, 15) is 9.90 Å². The predicted octanol–water partition coefficient (Wildman–Crippen LogP) is 9.83. The molecule has 8 heteroatoms. The van der Waals surface area contributed by atoms with Crippen molar-refractivity contribution in [2.24, 2.45) is 20.0 Å². The van der Waals surface area contributed by atoms with Crippen LogP contribution in [0, 0.1) is 12.3 Å². The van der Waals surface area contributed by atoms with Gasteiger partial charge in [-0.3, -0.25) is 4.79 Å². The van der Waals surface area contributed by atoms with E-state index in [1.807, 2.05) is 120 Å². The first kappa shape index (κ1) is 66.5. The van der Waals surface area contributed by atoms with E-state index in [4.69, 9.17) is 0 Å². The number of hydrogen-bond acceptors (Lipinski definition) is 4. The SMILES string of the molecule is CC.CC.CC.CC.CC.CC.CC(=O)c1cncn1C.CC(C(C)(C)c1ccccc1)C(C)(O)c1cncn1C.C[CH-]C(C)(C)c1ccccc1.[Br-].[Mg+2]. The summed E-state index contributed by atoms with van der Waals surface area (Å²) < 4.78 is 3.58. The van der Waals surface area contributed by atoms with Crippen LogP contribution < -0.4 is 17.0 Å². The van der Waals surface area contributed by atoms with Crippen LogP contribution in [-0.4, -0.2) is 53.0 Å². The second-order valence-corrected chi connectivity index (χ2v) is 11.7. The molecule has 0 aliphatic rings. The number of ketones is 1. The van der Waals surface area contributed by atoms with E-state index in [0.717, 1.165) is 5.69 Å². The summed E-state index contributed by atoms with van der Waals surface area (Å²) in [6.07, 6.45) is 8.87. The Morgan fingerprint density at radius 3 is 1.30 bits per heavy atom. The van der Waals surface area contributed by atoms with E-state index in [1.165, 1.54) is 18.1 Å². The fourth-order valence-corrected chi connectivity index (χ4v) is 4.62. The van der Waals surface area contributed by atoms with Gasteiger partial charge in [0.25, 0.3) is 0 Å². The third-order valence-corrected chi connectivity index (χ3v) is 8.20. The molecule has 0 aliphatic carbocycles. The van der Waals surface area contributed by atoms with Crippen molar-refractivity contribution in [1.82, 2.24) is 19.1 Å². The van der Waals surface area contributed by atoms with Crippen molar-refractivity contribution in [3.8, 4) is 0 Å². The molecule has 2 heterocycles. The van der Waals surface area contributed by atoms with Crippen molar-refractivity contribution < 1.29 is 26.9 Å². The van der Waals surface area contributed by atoms with Gasteiger partial charge in [-0.25, -0.2) is 9.97 Å². The van der Waals surface area contributed by atoms with Crippen molar-refractivity contribution in [1.29, 1.82) is 0 Å². The molecule has 2 atom stereocenters. The molecule has 0 spiro atoms. The Hall–Kier alpha value is -2.26. The van der Waals surface area contributed by atoms with Crippen LogP contribution in [-0.2, 0) is 30.5 Å². The number of nitrogens with zero attached hydrogens (tertiary/aromatic N) is 4. The molecule has 2 aromatic carbocycles. The molecular formula is C46H83BrMgN4O2. The number of aliphatic hydroxyl groups is 1. The molecule has 0 bridgehead atoms. The van der Waals surface area contributed by atoms with Crippen LogP contribution >= 0.6 is 0 Å². The fraction of sp³-hybridized carbons (Fsp3) is 0.565. The van der Waals surface area contributed by atoms with E-state index >= 15 is 0 Å². The summed E-state index contributed by atoms with van der Waals surface area (Å²) in [7, 11) is 3.71. The van der Waals surface area contributed by atoms with Crippen LogP contribution in [0.4, 0.5) is 0 Å². The Kier molecular flexibility index (Phi) is 48.0. The summed E-state index contributed by atoms with van der Waals surface area (Å²) in [6.45, 7) is 40.4. The van der Waals surface area contributed by atoms with E-state index in [-0.39, 0.29) is 62.6 Å². The van der Waals surface area contributed by atoms with Gasteiger partial charge in [0, 0.05) is 21.0 Å². The summed E-state index contributed by atoms with van der Waals surface area (Å²) in [4.78, 5) is 18.6. The van der Waals surface area contributed by atoms with Crippen LogP contribution in [0.1, 0.15) is 166 Å². The second kappa shape index (κ2) is 39.0. The van der Waals surface area contributed by atoms with Crippen molar-refractivity contribution in [2.75, 3.05) is 0 Å². The molecule has 0 saturated heterocycles. The predicted molar refractivity (Wildman–Crippen MR) is 238 cm³/mol. The molecule has 2 unspecified atom stereocenters. The minimum absolute atomic E-state index is 0. The van der Waals surface area contributed by atoms with Gasteiger partial charge in [-0.05, 0) is 23.8 Å². The van der Waals surface area contributed by atoms with Gasteiger partial charge in [0.05, 0.1) is 30.7 Å². The molecule has 4 aromatic rings. The van der Waals surface area contributed by atoms with Gasteiger partial charge in [-0.1, -0.05) is 184 Å². The Bertz CT molecular complexity index is 1340. The Morgan fingerprint density at radius 2 is 1.02 bits per heavy atom. The standard InChI is InChI=1S/C17H24N2O.C11H15.C6H8N2O.6C2H6.BrH.Mg/c1-13(16(2,3)14-9-7-6-8-10-14)17(4,20)15-11-18-12-19(15)5;1-4-11(2,3)10-8-6-5-7-9-10;1-5(9)6-3-7-4-8(6)2;6*1-2;;/h6-13,20H,1-5H3;4-9H,1-3H3;3-4H,1-2H3;6*1-2H3;1H;/q;-1;;;;;;;;;+2/p-1. The molecule has 0 amide bonds. The normalized spacial score (nSPS) is 10.8. The first-order valence-corrected chi connectivity index (χ1v) is 19.7. The summed E-state index contributed by atoms with van der Waals surface area (Å²) in [6, 6.07) is 20.9. The fourth-order valence-electron chi connectivity index (χ4n) is 4.62. The molecule has 308 valence electrons. The maximum absolute atomic E-state index is 11.1. The van der Waals surface area contributed by atoms with Crippen molar-refractivity contribution in [3.05, 3.63) is 115 Å². The van der Waals surface area contributed by atoms with E-state index in [2.05, 4.69) is 100 Å². The Balaban J connectivity index is -0.000000112. The largest absolute Gasteiger partial charge is 2.00 e. The number of hydrogen-bond donors (Lipinski definition) is 1. The van der Waals surface area contributed by atoms with Crippen molar-refractivity contribution in [2.45, 2.75) is 155 Å². The average Bonchev–Trinajstić information content (AvgIpc) is 3.85. The molecule has 0 fully saturated rings. The first-order chi connectivity index (χ1) is 24.7. The second-order valence-electron chi connectivity index (χ2n) is 11.7. The number of carbonyl (C=O) groups excluding carboxylic acids is 1. The quantitative estimate of drug-likeness (QED) is 0.114. The van der Waals surface area contributed by atoms with Crippen LogP contribution in [0.5, 0.6) is 0 Å². The number of carbonyl (C=O) groups is 1. The maximum atomic E-state index is 11.1. The Labute approximate surface area is 362 Å². The molecular weight excluding hydrogens is 745 g/mol. The van der Waals surface area contributed by atoms with Crippen molar-refractivity contribution >= 4 is 28.8 Å². The summed E-state index contributed by atoms with van der Waals surface area (Å²) in [5.41, 5.74) is 3.22. The molecule has 0 saturated carbocycles. The molecule has 4 rings (SSSR count). The third-order valence-electron chi connectivity index (χ3n) is 8.20. The Morgan fingerprint density at radius 1 is 0.667 bits per heavy atom. The van der Waals surface area contributed by atoms with Crippen LogP contribution in [0.25, 0.3) is 0 Å². The van der Waals surface area contributed by atoms with Gasteiger partial charge < -0.3 is 37.6 Å². The monoisotopic (exact) mass is 827 g/mol. The van der Waals surface area contributed by atoms with Gasteiger partial charge in [0.1, 0.15) is 11.3 Å². The van der Waals surface area contributed by atoms with Gasteiger partial charge in [0.2, 0.25) is 0 Å². The zero-order valence-electron chi connectivity index (χ0n) is 39.0. The van der Waals surface area contributed by atoms with E-state index < -0.39 is 5.60 Å². The summed E-state index contributed by atoms with van der Waals surface area (Å²) in [5, 5.41) is 11.1. The number of aryl methyl sites for hydroxylation is 2. The summed E-state index contributed by atoms with van der Waals surface area (Å²) in [5.74, 6) is 0.0859. The molecule has 0 aliphatic heterocycles.